The van der Waals surface area contributed by atoms with Crippen LogP contribution in [0.2, 0.25) is 0 Å². The van der Waals surface area contributed by atoms with Crippen molar-refractivity contribution in [2.45, 2.75) is 45.4 Å². The number of sulfonamides is 1. The molecule has 0 saturated heterocycles. The van der Waals surface area contributed by atoms with E-state index in [2.05, 4.69) is 18.2 Å². The highest BCUT2D eigenvalue weighted by Crippen LogP contribution is 2.04. The number of nitrogens with one attached hydrogen (secondary N) is 1. The second kappa shape index (κ2) is 8.92. The molecule has 0 rings (SSSR count). The first-order chi connectivity index (χ1) is 7.12. The van der Waals surface area contributed by atoms with Crippen LogP contribution in [0, 0.1) is 0 Å². The Kier molecular flexibility index (Phi) is 8.71. The van der Waals surface area contributed by atoms with Gasteiger partial charge < -0.3 is 0 Å². The highest BCUT2D eigenvalue weighted by atomic mass is 32.2. The van der Waals surface area contributed by atoms with Crippen LogP contribution >= 0.6 is 0 Å². The molecule has 0 aliphatic heterocycles. The Balaban J connectivity index is 3.34. The van der Waals surface area contributed by atoms with E-state index in [1.807, 2.05) is 0 Å². The Hall–Kier alpha value is -0.350. The van der Waals surface area contributed by atoms with Crippen molar-refractivity contribution in [3.8, 4) is 0 Å². The molecule has 0 radical (unpaired) electrons. The maximum Gasteiger partial charge on any atom is 0.215 e. The predicted molar refractivity (Wildman–Crippen MR) is 65.4 cm³/mol. The molecule has 15 heavy (non-hydrogen) atoms. The Morgan fingerprint density at radius 3 is 2.33 bits per heavy atom. The minimum absolute atomic E-state index is 0.0167. The van der Waals surface area contributed by atoms with Gasteiger partial charge in [0.15, 0.2) is 0 Å². The van der Waals surface area contributed by atoms with Crippen molar-refractivity contribution in [2.24, 2.45) is 0 Å². The molecule has 4 heteroatoms. The summed E-state index contributed by atoms with van der Waals surface area (Å²) in [5.74, 6) is 0.0167. The average Bonchev–Trinajstić information content (AvgIpc) is 2.16. The van der Waals surface area contributed by atoms with E-state index in [0.29, 0.717) is 6.54 Å². The minimum Gasteiger partial charge on any atom is -0.215 e. The average molecular weight is 233 g/mol. The van der Waals surface area contributed by atoms with Gasteiger partial charge in [-0.25, -0.2) is 13.1 Å². The first kappa shape index (κ1) is 14.6. The van der Waals surface area contributed by atoms with E-state index in [1.54, 1.807) is 0 Å². The van der Waals surface area contributed by atoms with Crippen LogP contribution in [0.3, 0.4) is 0 Å². The van der Waals surface area contributed by atoms with Crippen LogP contribution in [0.25, 0.3) is 0 Å². The van der Waals surface area contributed by atoms with Gasteiger partial charge in [-0.05, 0) is 6.42 Å². The van der Waals surface area contributed by atoms with Gasteiger partial charge in [-0.1, -0.05) is 45.1 Å². The van der Waals surface area contributed by atoms with Crippen LogP contribution < -0.4 is 4.72 Å². The topological polar surface area (TPSA) is 46.2 Å². The molecule has 0 heterocycles. The lowest BCUT2D eigenvalue weighted by molar-refractivity contribution is 0.570. The van der Waals surface area contributed by atoms with E-state index in [-0.39, 0.29) is 5.75 Å². The Labute approximate surface area is 94.0 Å². The zero-order valence-electron chi connectivity index (χ0n) is 9.67. The molecule has 0 aromatic heterocycles. The molecule has 0 spiro atoms. The summed E-state index contributed by atoms with van der Waals surface area (Å²) in [5.41, 5.74) is 0. The largest absolute Gasteiger partial charge is 0.215 e. The molecule has 0 bridgehead atoms. The van der Waals surface area contributed by atoms with Crippen molar-refractivity contribution in [1.29, 1.82) is 0 Å². The second-order valence-corrected chi connectivity index (χ2v) is 5.58. The number of unbranched alkanes of at least 4 members (excludes halogenated alkanes) is 5. The Morgan fingerprint density at radius 1 is 1.13 bits per heavy atom. The van der Waals surface area contributed by atoms with E-state index in [1.165, 1.54) is 31.8 Å². The molecular formula is C11H23NO2S. The quantitative estimate of drug-likeness (QED) is 0.465. The molecule has 0 unspecified atom stereocenters. The van der Waals surface area contributed by atoms with Crippen molar-refractivity contribution >= 4 is 10.0 Å². The summed E-state index contributed by atoms with van der Waals surface area (Å²) in [6.07, 6.45) is 8.43. The molecule has 0 amide bonds. The predicted octanol–water partition coefficient (Wildman–Crippen LogP) is 2.45. The molecule has 90 valence electrons. The van der Waals surface area contributed by atoms with Crippen LogP contribution in [-0.4, -0.2) is 20.7 Å². The van der Waals surface area contributed by atoms with Gasteiger partial charge in [0.05, 0.1) is 5.75 Å². The van der Waals surface area contributed by atoms with Crippen LogP contribution in [0.5, 0.6) is 0 Å². The number of hydrogen-bond donors (Lipinski definition) is 1. The van der Waals surface area contributed by atoms with Gasteiger partial charge in [-0.2, -0.15) is 0 Å². The summed E-state index contributed by atoms with van der Waals surface area (Å²) < 4.78 is 24.9. The fraction of sp³-hybridized carbons (Fsp3) is 0.818. The first-order valence-electron chi connectivity index (χ1n) is 5.70. The Bertz CT molecular complexity index is 247. The van der Waals surface area contributed by atoms with Crippen molar-refractivity contribution in [2.75, 3.05) is 12.3 Å². The fourth-order valence-electron chi connectivity index (χ4n) is 1.35. The van der Waals surface area contributed by atoms with Gasteiger partial charge in [-0.15, -0.1) is 6.58 Å². The summed E-state index contributed by atoms with van der Waals surface area (Å²) in [6.45, 7) is 6.15. The van der Waals surface area contributed by atoms with E-state index in [9.17, 15) is 8.42 Å². The molecule has 0 aromatic rings. The summed E-state index contributed by atoms with van der Waals surface area (Å²) in [6, 6.07) is 0. The minimum atomic E-state index is -3.10. The van der Waals surface area contributed by atoms with Crippen LogP contribution in [0.4, 0.5) is 0 Å². The van der Waals surface area contributed by atoms with Crippen molar-refractivity contribution < 1.29 is 8.42 Å². The van der Waals surface area contributed by atoms with E-state index < -0.39 is 10.0 Å². The molecule has 0 fully saturated rings. The summed E-state index contributed by atoms with van der Waals surface area (Å²) in [4.78, 5) is 0. The molecule has 0 aromatic carbocycles. The first-order valence-corrected chi connectivity index (χ1v) is 7.36. The van der Waals surface area contributed by atoms with E-state index in [0.717, 1.165) is 12.8 Å². The van der Waals surface area contributed by atoms with Crippen molar-refractivity contribution in [3.63, 3.8) is 0 Å². The molecule has 0 atom stereocenters. The molecule has 3 nitrogen and oxygen atoms in total. The van der Waals surface area contributed by atoms with Gasteiger partial charge in [0, 0.05) is 6.54 Å². The highest BCUT2D eigenvalue weighted by Gasteiger charge is 2.05. The van der Waals surface area contributed by atoms with Gasteiger partial charge >= 0.3 is 0 Å². The van der Waals surface area contributed by atoms with E-state index in [4.69, 9.17) is 0 Å². The van der Waals surface area contributed by atoms with Gasteiger partial charge in [0.1, 0.15) is 0 Å². The summed E-state index contributed by atoms with van der Waals surface area (Å²) >= 11 is 0. The van der Waals surface area contributed by atoms with Gasteiger partial charge in [-0.3, -0.25) is 0 Å². The second-order valence-electron chi connectivity index (χ2n) is 3.73. The summed E-state index contributed by atoms with van der Waals surface area (Å²) in [5, 5.41) is 0. The summed E-state index contributed by atoms with van der Waals surface area (Å²) in [7, 11) is -3.10. The Morgan fingerprint density at radius 2 is 1.73 bits per heavy atom. The lowest BCUT2D eigenvalue weighted by atomic mass is 10.1. The molecule has 0 aliphatic carbocycles. The number of rotatable bonds is 10. The monoisotopic (exact) mass is 233 g/mol. The lowest BCUT2D eigenvalue weighted by Gasteiger charge is -2.04. The zero-order chi connectivity index (χ0) is 11.6. The maximum atomic E-state index is 11.2. The lowest BCUT2D eigenvalue weighted by Crippen LogP contribution is -2.26. The number of hydrogen-bond acceptors (Lipinski definition) is 2. The third-order valence-electron chi connectivity index (χ3n) is 2.19. The van der Waals surface area contributed by atoms with Crippen LogP contribution in [-0.2, 0) is 10.0 Å². The molecule has 1 N–H and O–H groups in total. The zero-order valence-corrected chi connectivity index (χ0v) is 10.5. The maximum absolute atomic E-state index is 11.2. The smallest absolute Gasteiger partial charge is 0.215 e. The van der Waals surface area contributed by atoms with Crippen molar-refractivity contribution in [1.82, 2.24) is 4.72 Å². The van der Waals surface area contributed by atoms with Gasteiger partial charge in [0.25, 0.3) is 0 Å². The fourth-order valence-corrected chi connectivity index (χ4v) is 2.23. The third-order valence-corrected chi connectivity index (χ3v) is 3.51. The normalized spacial score (nSPS) is 11.5. The molecule has 0 saturated carbocycles. The third kappa shape index (κ3) is 9.94. The van der Waals surface area contributed by atoms with E-state index >= 15 is 0 Å². The molecular weight excluding hydrogens is 210 g/mol. The van der Waals surface area contributed by atoms with Crippen LogP contribution in [0.1, 0.15) is 45.4 Å². The highest BCUT2D eigenvalue weighted by molar-refractivity contribution is 7.89. The molecule has 0 aliphatic rings. The standard InChI is InChI=1S/C11H23NO2S/c1-3-5-6-7-8-9-10-12-15(13,14)11-4-2/h4,12H,2-3,5-11H2,1H3. The van der Waals surface area contributed by atoms with Crippen LogP contribution in [0.15, 0.2) is 12.7 Å². The van der Waals surface area contributed by atoms with Gasteiger partial charge in [0.2, 0.25) is 10.0 Å². The van der Waals surface area contributed by atoms with Crippen molar-refractivity contribution in [3.05, 3.63) is 12.7 Å². The SMILES string of the molecule is C=CCS(=O)(=O)NCCCCCCCC.